The summed E-state index contributed by atoms with van der Waals surface area (Å²) in [5.74, 6) is -1.90. The van der Waals surface area contributed by atoms with Crippen LogP contribution in [0.25, 0.3) is 10.9 Å². The first kappa shape index (κ1) is 19.0. The van der Waals surface area contributed by atoms with Gasteiger partial charge >= 0.3 is 11.9 Å². The van der Waals surface area contributed by atoms with Crippen molar-refractivity contribution in [2.75, 3.05) is 6.54 Å². The lowest BCUT2D eigenvalue weighted by Crippen LogP contribution is -2.45. The van der Waals surface area contributed by atoms with E-state index in [0.29, 0.717) is 13.0 Å². The Morgan fingerprint density at radius 2 is 1.92 bits per heavy atom. The van der Waals surface area contributed by atoms with Crippen LogP contribution >= 0.6 is 0 Å². The number of hydrogen-bond acceptors (Lipinski definition) is 4. The zero-order chi connectivity index (χ0) is 18.7. The number of H-pyrrole nitrogens is 1. The molecule has 1 aromatic carbocycles. The first-order valence-corrected chi connectivity index (χ1v) is 8.41. The molecule has 1 atom stereocenters. The van der Waals surface area contributed by atoms with Crippen molar-refractivity contribution in [3.05, 3.63) is 36.0 Å². The number of carboxylic acids is 1. The summed E-state index contributed by atoms with van der Waals surface area (Å²) in [6.07, 6.45) is 2.37. The number of rotatable bonds is 7. The molecule has 2 rings (SSSR count). The van der Waals surface area contributed by atoms with E-state index in [1.165, 1.54) is 0 Å². The predicted octanol–water partition coefficient (Wildman–Crippen LogP) is 2.86. The number of carbonyl (C=O) groups excluding carboxylic acids is 1. The van der Waals surface area contributed by atoms with Crippen LogP contribution in [0.1, 0.15) is 39.2 Å². The van der Waals surface area contributed by atoms with Crippen LogP contribution < -0.4 is 5.73 Å². The van der Waals surface area contributed by atoms with Gasteiger partial charge in [-0.1, -0.05) is 18.2 Å². The molecule has 0 aliphatic carbocycles. The van der Waals surface area contributed by atoms with Gasteiger partial charge in [0, 0.05) is 23.5 Å². The van der Waals surface area contributed by atoms with Crippen LogP contribution in [0.4, 0.5) is 0 Å². The van der Waals surface area contributed by atoms with Gasteiger partial charge in [0.25, 0.3) is 0 Å². The molecule has 4 N–H and O–H groups in total. The van der Waals surface area contributed by atoms with Crippen molar-refractivity contribution in [3.63, 3.8) is 0 Å². The van der Waals surface area contributed by atoms with E-state index in [9.17, 15) is 14.7 Å². The van der Waals surface area contributed by atoms with E-state index >= 15 is 0 Å². The number of para-hydroxylation sites is 1. The van der Waals surface area contributed by atoms with E-state index in [-0.39, 0.29) is 12.8 Å². The highest BCUT2D eigenvalue weighted by atomic mass is 16.6. The normalized spacial score (nSPS) is 14.2. The summed E-state index contributed by atoms with van der Waals surface area (Å²) in [7, 11) is 0. The second-order valence-electron chi connectivity index (χ2n) is 7.32. The fourth-order valence-electron chi connectivity index (χ4n) is 2.92. The van der Waals surface area contributed by atoms with Crippen molar-refractivity contribution < 1.29 is 19.4 Å². The van der Waals surface area contributed by atoms with Crippen molar-refractivity contribution in [2.24, 2.45) is 11.1 Å². The molecule has 0 saturated carbocycles. The average Bonchev–Trinajstić information content (AvgIpc) is 2.92. The number of esters is 1. The molecule has 0 amide bonds. The third kappa shape index (κ3) is 4.20. The number of benzene rings is 1. The number of nitrogens with two attached hydrogens (primary N) is 1. The molecule has 0 fully saturated rings. The molecule has 0 radical (unpaired) electrons. The van der Waals surface area contributed by atoms with E-state index in [1.807, 2.05) is 24.3 Å². The molecule has 0 saturated heterocycles. The van der Waals surface area contributed by atoms with Crippen LogP contribution in [-0.4, -0.2) is 34.2 Å². The molecule has 6 nitrogen and oxygen atoms in total. The van der Waals surface area contributed by atoms with E-state index in [4.69, 9.17) is 10.5 Å². The van der Waals surface area contributed by atoms with Crippen molar-refractivity contribution in [1.82, 2.24) is 4.98 Å². The lowest BCUT2D eigenvalue weighted by Gasteiger charge is -2.31. The highest BCUT2D eigenvalue weighted by Gasteiger charge is 2.48. The molecule has 6 heteroatoms. The van der Waals surface area contributed by atoms with Gasteiger partial charge in [0.2, 0.25) is 0 Å². The lowest BCUT2D eigenvalue weighted by atomic mass is 9.77. The number of fused-ring (bicyclic) bond motifs is 1. The Morgan fingerprint density at radius 1 is 1.24 bits per heavy atom. The number of carboxylic acid groups (broad SMARTS) is 1. The number of aromatic amines is 1. The number of aliphatic carboxylic acids is 1. The van der Waals surface area contributed by atoms with Crippen molar-refractivity contribution in [2.45, 2.75) is 45.6 Å². The summed E-state index contributed by atoms with van der Waals surface area (Å²) in [6, 6.07) is 7.60. The Bertz CT molecular complexity index is 760. The fourth-order valence-corrected chi connectivity index (χ4v) is 2.92. The van der Waals surface area contributed by atoms with Crippen LogP contribution in [0.2, 0.25) is 0 Å². The van der Waals surface area contributed by atoms with Gasteiger partial charge in [0.15, 0.2) is 5.41 Å². The molecule has 1 heterocycles. The van der Waals surface area contributed by atoms with Crippen LogP contribution in [-0.2, 0) is 20.7 Å². The molecule has 136 valence electrons. The van der Waals surface area contributed by atoms with Crippen molar-refractivity contribution in [1.29, 1.82) is 0 Å². The van der Waals surface area contributed by atoms with E-state index in [1.54, 1.807) is 27.0 Å². The molecule has 1 unspecified atom stereocenters. The molecule has 0 bridgehead atoms. The van der Waals surface area contributed by atoms with Gasteiger partial charge in [-0.05, 0) is 51.8 Å². The minimum Gasteiger partial charge on any atom is -0.480 e. The van der Waals surface area contributed by atoms with Crippen LogP contribution in [0.15, 0.2) is 30.5 Å². The van der Waals surface area contributed by atoms with Gasteiger partial charge in [-0.3, -0.25) is 9.59 Å². The van der Waals surface area contributed by atoms with Crippen LogP contribution in [0, 0.1) is 5.41 Å². The first-order valence-electron chi connectivity index (χ1n) is 8.41. The van der Waals surface area contributed by atoms with Crippen LogP contribution in [0.3, 0.4) is 0 Å². The standard InChI is InChI=1S/C19H26N2O4/c1-18(2,3)25-17(24)19(16(22)23,9-6-10-20)11-13-12-21-15-8-5-4-7-14(13)15/h4-5,7-8,12,21H,6,9-11,20H2,1-3H3,(H,22,23). The molecule has 2 aromatic rings. The minimum absolute atomic E-state index is 0.0568. The first-order chi connectivity index (χ1) is 11.7. The molecule has 0 aliphatic rings. The zero-order valence-corrected chi connectivity index (χ0v) is 15.0. The number of carbonyl (C=O) groups is 2. The second-order valence-corrected chi connectivity index (χ2v) is 7.32. The zero-order valence-electron chi connectivity index (χ0n) is 15.0. The smallest absolute Gasteiger partial charge is 0.324 e. The number of ether oxygens (including phenoxy) is 1. The summed E-state index contributed by atoms with van der Waals surface area (Å²) in [5.41, 5.74) is 4.84. The van der Waals surface area contributed by atoms with E-state index < -0.39 is 23.0 Å². The molecule has 0 spiro atoms. The molecule has 0 aliphatic heterocycles. The van der Waals surface area contributed by atoms with E-state index in [0.717, 1.165) is 16.5 Å². The molecular formula is C19H26N2O4. The monoisotopic (exact) mass is 346 g/mol. The largest absolute Gasteiger partial charge is 0.480 e. The van der Waals surface area contributed by atoms with Gasteiger partial charge in [-0.2, -0.15) is 0 Å². The Kier molecular flexibility index (Phi) is 5.52. The van der Waals surface area contributed by atoms with Crippen LogP contribution in [0.5, 0.6) is 0 Å². The van der Waals surface area contributed by atoms with Gasteiger partial charge in [0.1, 0.15) is 5.60 Å². The topological polar surface area (TPSA) is 105 Å². The highest BCUT2D eigenvalue weighted by Crippen LogP contribution is 2.35. The average molecular weight is 346 g/mol. The maximum Gasteiger partial charge on any atom is 0.324 e. The van der Waals surface area contributed by atoms with Crippen molar-refractivity contribution >= 4 is 22.8 Å². The third-order valence-electron chi connectivity index (χ3n) is 4.17. The molecular weight excluding hydrogens is 320 g/mol. The summed E-state index contributed by atoms with van der Waals surface area (Å²) < 4.78 is 5.45. The Hall–Kier alpha value is -2.34. The Labute approximate surface area is 147 Å². The second kappa shape index (κ2) is 7.27. The molecule has 25 heavy (non-hydrogen) atoms. The quantitative estimate of drug-likeness (QED) is 0.528. The summed E-state index contributed by atoms with van der Waals surface area (Å²) in [5, 5.41) is 10.8. The molecule has 1 aromatic heterocycles. The SMILES string of the molecule is CC(C)(C)OC(=O)C(CCCN)(Cc1c[nH]c2ccccc12)C(=O)O. The third-order valence-corrected chi connectivity index (χ3v) is 4.17. The van der Waals surface area contributed by atoms with Gasteiger partial charge < -0.3 is 20.6 Å². The summed E-state index contributed by atoms with van der Waals surface area (Å²) in [6.45, 7) is 5.50. The van der Waals surface area contributed by atoms with Gasteiger partial charge in [-0.25, -0.2) is 0 Å². The number of nitrogens with one attached hydrogen (secondary N) is 1. The van der Waals surface area contributed by atoms with E-state index in [2.05, 4.69) is 4.98 Å². The Morgan fingerprint density at radius 3 is 2.52 bits per heavy atom. The minimum atomic E-state index is -1.66. The fraction of sp³-hybridized carbons (Fsp3) is 0.474. The Balaban J connectivity index is 2.45. The predicted molar refractivity (Wildman–Crippen MR) is 96.2 cm³/mol. The van der Waals surface area contributed by atoms with Crippen molar-refractivity contribution in [3.8, 4) is 0 Å². The number of hydrogen-bond donors (Lipinski definition) is 3. The summed E-state index contributed by atoms with van der Waals surface area (Å²) >= 11 is 0. The summed E-state index contributed by atoms with van der Waals surface area (Å²) in [4.78, 5) is 28.1. The lowest BCUT2D eigenvalue weighted by molar-refractivity contribution is -0.177. The number of aromatic nitrogens is 1. The van der Waals surface area contributed by atoms with Gasteiger partial charge in [-0.15, -0.1) is 0 Å². The maximum atomic E-state index is 12.8. The van der Waals surface area contributed by atoms with Gasteiger partial charge in [0.05, 0.1) is 0 Å². The highest BCUT2D eigenvalue weighted by molar-refractivity contribution is 6.00. The maximum absolute atomic E-state index is 12.8.